The molecule has 3 heteroatoms. The first-order valence-electron chi connectivity index (χ1n) is 24.3. The summed E-state index contributed by atoms with van der Waals surface area (Å²) in [5, 5.41) is 9.79. The maximum absolute atomic E-state index is 6.41. The molecule has 0 aliphatic carbocycles. The first-order chi connectivity index (χ1) is 35.2. The SMILES string of the molecule is c1ccc(N(c2ccc(-c3ccc(-c4ccc(-n5c6ccccc6c6ccccc65)cc4)cc3)cc2)c2ccc(-c3cc4ccccc4c4ccccc34)cc2)c(-c2cccc3oc4ccccc4c23)c1. The van der Waals surface area contributed by atoms with Crippen LogP contribution in [0.5, 0.6) is 0 Å². The topological polar surface area (TPSA) is 21.3 Å². The number of aromatic nitrogens is 1. The Morgan fingerprint density at radius 1 is 0.296 bits per heavy atom. The molecule has 0 saturated carbocycles. The minimum Gasteiger partial charge on any atom is -0.456 e. The second-order valence-corrected chi connectivity index (χ2v) is 18.4. The summed E-state index contributed by atoms with van der Waals surface area (Å²) in [4.78, 5) is 2.40. The Bertz CT molecular complexity index is 4260. The van der Waals surface area contributed by atoms with Gasteiger partial charge in [0.05, 0.1) is 16.7 Å². The fraction of sp³-hybridized carbons (Fsp3) is 0. The van der Waals surface area contributed by atoms with Crippen molar-refractivity contribution in [1.29, 1.82) is 0 Å². The zero-order valence-corrected chi connectivity index (χ0v) is 38.7. The van der Waals surface area contributed by atoms with Crippen molar-refractivity contribution in [3.8, 4) is 50.2 Å². The molecule has 0 bridgehead atoms. The molecule has 0 atom stereocenters. The van der Waals surface area contributed by atoms with Crippen LogP contribution >= 0.6 is 0 Å². The van der Waals surface area contributed by atoms with Crippen molar-refractivity contribution in [2.75, 3.05) is 4.90 Å². The van der Waals surface area contributed by atoms with E-state index in [1.165, 1.54) is 71.2 Å². The summed E-state index contributed by atoms with van der Waals surface area (Å²) in [5.41, 5.74) is 17.9. The average molecular weight is 905 g/mol. The first-order valence-corrected chi connectivity index (χ1v) is 24.3. The Morgan fingerprint density at radius 2 is 0.761 bits per heavy atom. The molecule has 0 fully saturated rings. The van der Waals surface area contributed by atoms with Gasteiger partial charge in [0.1, 0.15) is 11.2 Å². The van der Waals surface area contributed by atoms with E-state index in [2.05, 4.69) is 270 Å². The molecule has 0 saturated heterocycles. The van der Waals surface area contributed by atoms with Crippen LogP contribution in [0.4, 0.5) is 17.1 Å². The third-order valence-electron chi connectivity index (χ3n) is 14.4. The highest BCUT2D eigenvalue weighted by molar-refractivity contribution is 6.15. The number of rotatable bonds is 8. The molecule has 71 heavy (non-hydrogen) atoms. The van der Waals surface area contributed by atoms with E-state index in [0.29, 0.717) is 0 Å². The van der Waals surface area contributed by atoms with E-state index in [1.807, 2.05) is 6.07 Å². The molecule has 0 N–H and O–H groups in total. The number of hydrogen-bond acceptors (Lipinski definition) is 2. The first kappa shape index (κ1) is 40.6. The van der Waals surface area contributed by atoms with Gasteiger partial charge in [-0.1, -0.05) is 194 Å². The van der Waals surface area contributed by atoms with Crippen molar-refractivity contribution in [3.63, 3.8) is 0 Å². The van der Waals surface area contributed by atoms with E-state index in [-0.39, 0.29) is 0 Å². The lowest BCUT2D eigenvalue weighted by molar-refractivity contribution is 0.669. The second kappa shape index (κ2) is 16.7. The zero-order valence-electron chi connectivity index (χ0n) is 38.7. The van der Waals surface area contributed by atoms with Gasteiger partial charge in [0.25, 0.3) is 0 Å². The monoisotopic (exact) mass is 904 g/mol. The summed E-state index contributed by atoms with van der Waals surface area (Å²) in [6, 6.07) is 96.6. The van der Waals surface area contributed by atoms with Crippen LogP contribution in [0.15, 0.2) is 271 Å². The van der Waals surface area contributed by atoms with E-state index >= 15 is 0 Å². The molecule has 0 aliphatic heterocycles. The van der Waals surface area contributed by atoms with Crippen molar-refractivity contribution in [2.24, 2.45) is 0 Å². The van der Waals surface area contributed by atoms with Crippen LogP contribution < -0.4 is 4.90 Å². The lowest BCUT2D eigenvalue weighted by Crippen LogP contribution is -2.11. The Labute approximate surface area is 411 Å². The summed E-state index contributed by atoms with van der Waals surface area (Å²) in [6.45, 7) is 0. The zero-order chi connectivity index (χ0) is 46.8. The largest absolute Gasteiger partial charge is 0.456 e. The van der Waals surface area contributed by atoms with Crippen molar-refractivity contribution in [2.45, 2.75) is 0 Å². The predicted octanol–water partition coefficient (Wildman–Crippen LogP) is 19.1. The number of benzene rings is 12. The van der Waals surface area contributed by atoms with Gasteiger partial charge >= 0.3 is 0 Å². The highest BCUT2D eigenvalue weighted by Crippen LogP contribution is 2.46. The molecule has 2 heterocycles. The fourth-order valence-electron chi connectivity index (χ4n) is 11.1. The Morgan fingerprint density at radius 3 is 1.42 bits per heavy atom. The molecule has 0 unspecified atom stereocenters. The van der Waals surface area contributed by atoms with Gasteiger partial charge in [-0.25, -0.2) is 0 Å². The Kier molecular flexibility index (Phi) is 9.53. The molecule has 2 aromatic heterocycles. The standard InChI is InChI=1S/C68H44N2O/c1-2-15-54-50(14-1)44-62(56-17-4-3-16-55(54)56)49-36-42-52(43-37-49)69(63-23-9-7-20-59(63)60-22-13-27-67-68(60)61-21-8-12-26-66(61)71-67)51-38-32-47(33-39-51)45-28-30-46(31-29-45)48-34-40-53(41-35-48)70-64-24-10-5-18-57(64)58-19-6-11-25-65(58)70/h1-44H. The Hall–Kier alpha value is -9.44. The van der Waals surface area contributed by atoms with Gasteiger partial charge in [0.2, 0.25) is 0 Å². The van der Waals surface area contributed by atoms with E-state index in [0.717, 1.165) is 61.4 Å². The number of fused-ring (bicyclic) bond motifs is 9. The Balaban J connectivity index is 0.831. The molecular weight excluding hydrogens is 861 g/mol. The van der Waals surface area contributed by atoms with Crippen LogP contribution in [0.2, 0.25) is 0 Å². The number of para-hydroxylation sites is 4. The average Bonchev–Trinajstić information content (AvgIpc) is 4.00. The van der Waals surface area contributed by atoms with Crippen LogP contribution in [0, 0.1) is 0 Å². The third-order valence-corrected chi connectivity index (χ3v) is 14.4. The van der Waals surface area contributed by atoms with Crippen LogP contribution in [-0.2, 0) is 0 Å². The molecule has 332 valence electrons. The predicted molar refractivity (Wildman–Crippen MR) is 299 cm³/mol. The molecular formula is C68H44N2O. The van der Waals surface area contributed by atoms with Crippen LogP contribution in [0.3, 0.4) is 0 Å². The third kappa shape index (κ3) is 6.82. The van der Waals surface area contributed by atoms with Gasteiger partial charge in [-0.05, 0) is 133 Å². The van der Waals surface area contributed by atoms with E-state index in [4.69, 9.17) is 4.42 Å². The number of nitrogens with zero attached hydrogens (tertiary/aromatic N) is 2. The van der Waals surface area contributed by atoms with Gasteiger partial charge in [0.15, 0.2) is 0 Å². The molecule has 3 nitrogen and oxygen atoms in total. The fourth-order valence-corrected chi connectivity index (χ4v) is 11.1. The second-order valence-electron chi connectivity index (χ2n) is 18.4. The van der Waals surface area contributed by atoms with Crippen LogP contribution in [0.25, 0.3) is 115 Å². The molecule has 0 aliphatic rings. The van der Waals surface area contributed by atoms with Crippen molar-refractivity contribution in [3.05, 3.63) is 267 Å². The van der Waals surface area contributed by atoms with E-state index in [1.54, 1.807) is 0 Å². The molecule has 14 rings (SSSR count). The van der Waals surface area contributed by atoms with Crippen LogP contribution in [-0.4, -0.2) is 4.57 Å². The minimum absolute atomic E-state index is 0.879. The lowest BCUT2D eigenvalue weighted by atomic mass is 9.93. The summed E-state index contributed by atoms with van der Waals surface area (Å²) < 4.78 is 8.78. The van der Waals surface area contributed by atoms with Crippen LogP contribution in [0.1, 0.15) is 0 Å². The quantitative estimate of drug-likeness (QED) is 0.142. The molecule has 14 aromatic rings. The van der Waals surface area contributed by atoms with Gasteiger partial charge in [-0.2, -0.15) is 0 Å². The van der Waals surface area contributed by atoms with Gasteiger partial charge < -0.3 is 13.9 Å². The van der Waals surface area contributed by atoms with Gasteiger partial charge in [-0.3, -0.25) is 0 Å². The van der Waals surface area contributed by atoms with Crippen molar-refractivity contribution < 1.29 is 4.42 Å². The number of hydrogen-bond donors (Lipinski definition) is 0. The normalized spacial score (nSPS) is 11.7. The van der Waals surface area contributed by atoms with E-state index in [9.17, 15) is 0 Å². The summed E-state index contributed by atoms with van der Waals surface area (Å²) in [6.07, 6.45) is 0. The smallest absolute Gasteiger partial charge is 0.136 e. The van der Waals surface area contributed by atoms with Gasteiger partial charge in [-0.15, -0.1) is 0 Å². The minimum atomic E-state index is 0.879. The number of furan rings is 1. The molecule has 0 spiro atoms. The summed E-state index contributed by atoms with van der Waals surface area (Å²) >= 11 is 0. The molecule has 12 aromatic carbocycles. The van der Waals surface area contributed by atoms with E-state index < -0.39 is 0 Å². The van der Waals surface area contributed by atoms with Crippen molar-refractivity contribution in [1.82, 2.24) is 4.57 Å². The maximum Gasteiger partial charge on any atom is 0.136 e. The summed E-state index contributed by atoms with van der Waals surface area (Å²) in [5.74, 6) is 0. The lowest BCUT2D eigenvalue weighted by Gasteiger charge is -2.28. The highest BCUT2D eigenvalue weighted by atomic mass is 16.3. The maximum atomic E-state index is 6.41. The van der Waals surface area contributed by atoms with Crippen molar-refractivity contribution >= 4 is 82.4 Å². The summed E-state index contributed by atoms with van der Waals surface area (Å²) in [7, 11) is 0. The number of anilines is 3. The molecule has 0 radical (unpaired) electrons. The molecule has 0 amide bonds. The van der Waals surface area contributed by atoms with Gasteiger partial charge in [0, 0.05) is 44.2 Å². The highest BCUT2D eigenvalue weighted by Gasteiger charge is 2.21.